The number of anilines is 1. The van der Waals surface area contributed by atoms with Crippen molar-refractivity contribution in [3.63, 3.8) is 0 Å². The third kappa shape index (κ3) is 3.39. The molecular formula is C23H25FN4O2. The quantitative estimate of drug-likeness (QED) is 0.802. The molecule has 0 spiro atoms. The normalized spacial score (nSPS) is 20.5. The van der Waals surface area contributed by atoms with Crippen LogP contribution in [-0.2, 0) is 11.2 Å². The first-order valence-corrected chi connectivity index (χ1v) is 10.4. The number of halogens is 1. The van der Waals surface area contributed by atoms with E-state index >= 15 is 0 Å². The molecule has 1 aliphatic carbocycles. The molecule has 2 N–H and O–H groups in total. The summed E-state index contributed by atoms with van der Waals surface area (Å²) in [5.74, 6) is 1.32. The van der Waals surface area contributed by atoms with E-state index in [0.717, 1.165) is 48.2 Å². The SMILES string of the molecule is CC1CCc2c(ccc(C3=CN(C)NN3)c2Oc2ccc(F)cc2)N1C(=O)C1CC1. The maximum Gasteiger partial charge on any atom is 0.230 e. The van der Waals surface area contributed by atoms with Crippen molar-refractivity contribution >= 4 is 17.3 Å². The fourth-order valence-corrected chi connectivity index (χ4v) is 4.16. The molecule has 1 atom stereocenters. The van der Waals surface area contributed by atoms with Gasteiger partial charge in [0.2, 0.25) is 5.91 Å². The van der Waals surface area contributed by atoms with Gasteiger partial charge in [-0.2, -0.15) is 0 Å². The van der Waals surface area contributed by atoms with E-state index in [1.54, 1.807) is 12.1 Å². The summed E-state index contributed by atoms with van der Waals surface area (Å²) in [5.41, 5.74) is 9.88. The minimum atomic E-state index is -0.307. The maximum atomic E-state index is 13.4. The molecule has 3 aliphatic rings. The molecule has 2 aromatic rings. The zero-order valence-electron chi connectivity index (χ0n) is 17.1. The molecule has 156 valence electrons. The van der Waals surface area contributed by atoms with Crippen LogP contribution >= 0.6 is 0 Å². The highest BCUT2D eigenvalue weighted by atomic mass is 19.1. The van der Waals surface area contributed by atoms with Crippen LogP contribution in [0.25, 0.3) is 5.70 Å². The minimum absolute atomic E-state index is 0.150. The third-order valence-corrected chi connectivity index (χ3v) is 5.93. The summed E-state index contributed by atoms with van der Waals surface area (Å²) in [6, 6.07) is 10.2. The molecule has 0 saturated heterocycles. The monoisotopic (exact) mass is 408 g/mol. The van der Waals surface area contributed by atoms with E-state index in [2.05, 4.69) is 17.9 Å². The van der Waals surface area contributed by atoms with Crippen LogP contribution in [0.3, 0.4) is 0 Å². The molecule has 7 heteroatoms. The van der Waals surface area contributed by atoms with Gasteiger partial charge in [-0.3, -0.25) is 9.80 Å². The number of hydrogen-bond acceptors (Lipinski definition) is 5. The van der Waals surface area contributed by atoms with Crippen molar-refractivity contribution in [3.05, 3.63) is 59.5 Å². The van der Waals surface area contributed by atoms with Gasteiger partial charge in [-0.25, -0.2) is 4.39 Å². The molecular weight excluding hydrogens is 383 g/mol. The maximum absolute atomic E-state index is 13.4. The van der Waals surface area contributed by atoms with E-state index in [9.17, 15) is 9.18 Å². The van der Waals surface area contributed by atoms with Gasteiger partial charge in [0.1, 0.15) is 17.3 Å². The van der Waals surface area contributed by atoms with E-state index in [1.165, 1.54) is 12.1 Å². The van der Waals surface area contributed by atoms with Gasteiger partial charge in [-0.05, 0) is 69.0 Å². The van der Waals surface area contributed by atoms with Crippen molar-refractivity contribution in [1.82, 2.24) is 16.0 Å². The molecule has 30 heavy (non-hydrogen) atoms. The average Bonchev–Trinajstić information content (AvgIpc) is 3.50. The van der Waals surface area contributed by atoms with Crippen LogP contribution in [0.1, 0.15) is 37.3 Å². The molecule has 1 amide bonds. The van der Waals surface area contributed by atoms with Gasteiger partial charge in [0, 0.05) is 36.3 Å². The van der Waals surface area contributed by atoms with E-state index in [4.69, 9.17) is 4.74 Å². The number of ether oxygens (including phenoxy) is 1. The lowest BCUT2D eigenvalue weighted by Crippen LogP contribution is -2.43. The number of benzene rings is 2. The smallest absolute Gasteiger partial charge is 0.230 e. The number of amides is 1. The van der Waals surface area contributed by atoms with E-state index in [0.29, 0.717) is 11.5 Å². The molecule has 2 aromatic carbocycles. The highest BCUT2D eigenvalue weighted by molar-refractivity contribution is 5.99. The molecule has 0 radical (unpaired) electrons. The topological polar surface area (TPSA) is 56.8 Å². The fraction of sp³-hybridized carbons (Fsp3) is 0.348. The predicted molar refractivity (Wildman–Crippen MR) is 113 cm³/mol. The van der Waals surface area contributed by atoms with Gasteiger partial charge in [-0.1, -0.05) is 0 Å². The van der Waals surface area contributed by atoms with Gasteiger partial charge < -0.3 is 15.1 Å². The largest absolute Gasteiger partial charge is 0.456 e. The Labute approximate surface area is 175 Å². The zero-order chi connectivity index (χ0) is 20.8. The molecule has 1 fully saturated rings. The number of nitrogens with one attached hydrogen (secondary N) is 2. The predicted octanol–water partition coefficient (Wildman–Crippen LogP) is 3.95. The van der Waals surface area contributed by atoms with Crippen LogP contribution < -0.4 is 20.6 Å². The van der Waals surface area contributed by atoms with Gasteiger partial charge in [0.05, 0.1) is 11.4 Å². The minimum Gasteiger partial charge on any atom is -0.456 e. The lowest BCUT2D eigenvalue weighted by atomic mass is 9.92. The summed E-state index contributed by atoms with van der Waals surface area (Å²) in [4.78, 5) is 15.0. The summed E-state index contributed by atoms with van der Waals surface area (Å²) in [5, 5.41) is 1.82. The van der Waals surface area contributed by atoms with Gasteiger partial charge in [0.25, 0.3) is 0 Å². The summed E-state index contributed by atoms with van der Waals surface area (Å²) in [6.45, 7) is 2.11. The highest BCUT2D eigenvalue weighted by Crippen LogP contribution is 2.45. The van der Waals surface area contributed by atoms with E-state index < -0.39 is 0 Å². The third-order valence-electron chi connectivity index (χ3n) is 5.93. The second-order valence-electron chi connectivity index (χ2n) is 8.26. The Hall–Kier alpha value is -3.06. The van der Waals surface area contributed by atoms with Crippen LogP contribution in [0, 0.1) is 11.7 Å². The van der Waals surface area contributed by atoms with Crippen LogP contribution in [0.2, 0.25) is 0 Å². The first kappa shape index (κ1) is 18.9. The van der Waals surface area contributed by atoms with Gasteiger partial charge >= 0.3 is 0 Å². The Morgan fingerprint density at radius 3 is 2.57 bits per heavy atom. The Kier molecular flexibility index (Phi) is 4.62. The molecule has 2 heterocycles. The van der Waals surface area contributed by atoms with Crippen molar-refractivity contribution in [1.29, 1.82) is 0 Å². The summed E-state index contributed by atoms with van der Waals surface area (Å²) >= 11 is 0. The van der Waals surface area contributed by atoms with Gasteiger partial charge in [-0.15, -0.1) is 5.53 Å². The first-order chi connectivity index (χ1) is 14.5. The number of hydrogen-bond donors (Lipinski definition) is 2. The van der Waals surface area contributed by atoms with Gasteiger partial charge in [0.15, 0.2) is 0 Å². The summed E-state index contributed by atoms with van der Waals surface area (Å²) in [7, 11) is 1.90. The standard InChI is InChI=1S/C23H25FN4O2/c1-14-3-10-19-21(28(14)23(29)15-4-5-15)12-11-18(20-13-27(2)26-25-20)22(19)30-17-8-6-16(24)7-9-17/h6-9,11-15,25-26H,3-5,10H2,1-2H3. The Morgan fingerprint density at radius 1 is 1.13 bits per heavy atom. The number of fused-ring (bicyclic) bond motifs is 1. The van der Waals surface area contributed by atoms with Crippen LogP contribution in [0.5, 0.6) is 11.5 Å². The summed E-state index contributed by atoms with van der Waals surface area (Å²) in [6.07, 6.45) is 5.58. The number of nitrogens with zero attached hydrogens (tertiary/aromatic N) is 2. The fourth-order valence-electron chi connectivity index (χ4n) is 4.16. The van der Waals surface area contributed by atoms with E-state index in [1.807, 2.05) is 35.3 Å². The number of carbonyl (C=O) groups excluding carboxylic acids is 1. The number of carbonyl (C=O) groups is 1. The summed E-state index contributed by atoms with van der Waals surface area (Å²) < 4.78 is 19.7. The molecule has 0 aromatic heterocycles. The Bertz CT molecular complexity index is 1020. The van der Waals surface area contributed by atoms with Crippen molar-refractivity contribution in [2.45, 2.75) is 38.6 Å². The zero-order valence-corrected chi connectivity index (χ0v) is 17.1. The van der Waals surface area contributed by atoms with Crippen LogP contribution in [0.15, 0.2) is 42.6 Å². The molecule has 1 saturated carbocycles. The Balaban J connectivity index is 1.62. The van der Waals surface area contributed by atoms with Crippen LogP contribution in [0.4, 0.5) is 10.1 Å². The van der Waals surface area contributed by atoms with Crippen molar-refractivity contribution in [3.8, 4) is 11.5 Å². The molecule has 5 rings (SSSR count). The molecule has 1 unspecified atom stereocenters. The van der Waals surface area contributed by atoms with Crippen molar-refractivity contribution in [2.24, 2.45) is 5.92 Å². The average molecular weight is 408 g/mol. The van der Waals surface area contributed by atoms with E-state index in [-0.39, 0.29) is 23.7 Å². The van der Waals surface area contributed by atoms with Crippen molar-refractivity contribution in [2.75, 3.05) is 11.9 Å². The lowest BCUT2D eigenvalue weighted by molar-refractivity contribution is -0.120. The molecule has 6 nitrogen and oxygen atoms in total. The second-order valence-corrected chi connectivity index (χ2v) is 8.26. The van der Waals surface area contributed by atoms with Crippen molar-refractivity contribution < 1.29 is 13.9 Å². The highest BCUT2D eigenvalue weighted by Gasteiger charge is 2.39. The number of rotatable bonds is 4. The molecule has 0 bridgehead atoms. The first-order valence-electron chi connectivity index (χ1n) is 10.4. The van der Waals surface area contributed by atoms with Crippen LogP contribution in [-0.4, -0.2) is 24.0 Å². The number of hydrazine groups is 2. The second kappa shape index (κ2) is 7.32. The molecule has 2 aliphatic heterocycles. The lowest BCUT2D eigenvalue weighted by Gasteiger charge is -2.36. The Morgan fingerprint density at radius 2 is 1.90 bits per heavy atom.